The number of oxazole rings is 1. The standard InChI is InChI=1S/C15H18N2O/c1-2-4-14-13(3-1)17-15(18-14)9-10-7-11-5-6-12(8-10)16-11/h1-4,10-12,16H,5-9H2. The third-order valence-corrected chi connectivity index (χ3v) is 4.37. The van der Waals surface area contributed by atoms with Crippen molar-refractivity contribution in [2.75, 3.05) is 0 Å². The zero-order valence-corrected chi connectivity index (χ0v) is 10.4. The second kappa shape index (κ2) is 4.09. The number of fused-ring (bicyclic) bond motifs is 3. The Labute approximate surface area is 107 Å². The van der Waals surface area contributed by atoms with Crippen molar-refractivity contribution in [3.05, 3.63) is 30.2 Å². The van der Waals surface area contributed by atoms with E-state index in [1.165, 1.54) is 25.7 Å². The van der Waals surface area contributed by atoms with Crippen molar-refractivity contribution in [1.82, 2.24) is 10.3 Å². The fourth-order valence-corrected chi connectivity index (χ4v) is 3.60. The zero-order valence-electron chi connectivity index (χ0n) is 10.4. The first-order valence-electron chi connectivity index (χ1n) is 6.97. The lowest BCUT2D eigenvalue weighted by molar-refractivity contribution is 0.284. The molecule has 1 aromatic carbocycles. The van der Waals surface area contributed by atoms with E-state index in [-0.39, 0.29) is 0 Å². The van der Waals surface area contributed by atoms with Gasteiger partial charge in [0.05, 0.1) is 0 Å². The molecule has 2 unspecified atom stereocenters. The molecule has 0 amide bonds. The number of nitrogens with one attached hydrogen (secondary N) is 1. The predicted molar refractivity (Wildman–Crippen MR) is 70.4 cm³/mol. The number of nitrogens with zero attached hydrogens (tertiary/aromatic N) is 1. The Balaban J connectivity index is 1.54. The maximum Gasteiger partial charge on any atom is 0.195 e. The summed E-state index contributed by atoms with van der Waals surface area (Å²) >= 11 is 0. The van der Waals surface area contributed by atoms with Crippen molar-refractivity contribution in [1.29, 1.82) is 0 Å². The van der Waals surface area contributed by atoms with E-state index in [1.807, 2.05) is 24.3 Å². The summed E-state index contributed by atoms with van der Waals surface area (Å²) in [5.41, 5.74) is 1.91. The Morgan fingerprint density at radius 3 is 2.72 bits per heavy atom. The Morgan fingerprint density at radius 1 is 1.17 bits per heavy atom. The van der Waals surface area contributed by atoms with Crippen LogP contribution in [-0.4, -0.2) is 17.1 Å². The highest BCUT2D eigenvalue weighted by Crippen LogP contribution is 2.33. The van der Waals surface area contributed by atoms with Gasteiger partial charge in [-0.15, -0.1) is 0 Å². The van der Waals surface area contributed by atoms with Crippen LogP contribution in [0.25, 0.3) is 11.1 Å². The third kappa shape index (κ3) is 1.83. The monoisotopic (exact) mass is 242 g/mol. The average molecular weight is 242 g/mol. The van der Waals surface area contributed by atoms with E-state index in [9.17, 15) is 0 Å². The van der Waals surface area contributed by atoms with E-state index in [0.29, 0.717) is 0 Å². The first-order chi connectivity index (χ1) is 8.87. The van der Waals surface area contributed by atoms with Crippen LogP contribution >= 0.6 is 0 Å². The summed E-state index contributed by atoms with van der Waals surface area (Å²) in [4.78, 5) is 4.59. The molecule has 3 nitrogen and oxygen atoms in total. The number of piperidine rings is 1. The lowest BCUT2D eigenvalue weighted by Crippen LogP contribution is -2.38. The summed E-state index contributed by atoms with van der Waals surface area (Å²) in [6.45, 7) is 0. The van der Waals surface area contributed by atoms with Crippen molar-refractivity contribution in [2.45, 2.75) is 44.2 Å². The van der Waals surface area contributed by atoms with E-state index in [4.69, 9.17) is 4.42 Å². The molecule has 2 aliphatic rings. The highest BCUT2D eigenvalue weighted by molar-refractivity contribution is 5.72. The lowest BCUT2D eigenvalue weighted by Gasteiger charge is -2.28. The minimum absolute atomic E-state index is 0.747. The summed E-state index contributed by atoms with van der Waals surface area (Å²) < 4.78 is 5.83. The lowest BCUT2D eigenvalue weighted by atomic mass is 9.90. The Bertz CT molecular complexity index is 517. The first-order valence-corrected chi connectivity index (χ1v) is 6.97. The molecule has 18 heavy (non-hydrogen) atoms. The molecule has 3 heteroatoms. The molecular formula is C15H18N2O. The molecule has 2 aliphatic heterocycles. The second-order valence-electron chi connectivity index (χ2n) is 5.75. The van der Waals surface area contributed by atoms with Gasteiger partial charge in [0.1, 0.15) is 5.52 Å². The molecule has 3 heterocycles. The van der Waals surface area contributed by atoms with Gasteiger partial charge in [0.2, 0.25) is 0 Å². The summed E-state index contributed by atoms with van der Waals surface area (Å²) in [6.07, 6.45) is 6.29. The largest absolute Gasteiger partial charge is 0.441 e. The molecule has 0 aliphatic carbocycles. The van der Waals surface area contributed by atoms with E-state index >= 15 is 0 Å². The van der Waals surface area contributed by atoms with Crippen LogP contribution in [-0.2, 0) is 6.42 Å². The molecule has 2 fully saturated rings. The van der Waals surface area contributed by atoms with E-state index in [0.717, 1.165) is 41.4 Å². The van der Waals surface area contributed by atoms with Crippen LogP contribution in [0.3, 0.4) is 0 Å². The number of para-hydroxylation sites is 2. The third-order valence-electron chi connectivity index (χ3n) is 4.37. The van der Waals surface area contributed by atoms with Gasteiger partial charge in [-0.3, -0.25) is 0 Å². The van der Waals surface area contributed by atoms with Crippen molar-refractivity contribution in [2.24, 2.45) is 5.92 Å². The van der Waals surface area contributed by atoms with E-state index < -0.39 is 0 Å². The van der Waals surface area contributed by atoms with Gasteiger partial charge < -0.3 is 9.73 Å². The van der Waals surface area contributed by atoms with Crippen LogP contribution in [0.5, 0.6) is 0 Å². The molecule has 0 saturated carbocycles. The summed E-state index contributed by atoms with van der Waals surface area (Å²) in [7, 11) is 0. The first kappa shape index (κ1) is 10.6. The zero-order chi connectivity index (χ0) is 11.9. The maximum absolute atomic E-state index is 5.83. The summed E-state index contributed by atoms with van der Waals surface area (Å²) in [5, 5.41) is 3.68. The molecule has 1 aromatic heterocycles. The summed E-state index contributed by atoms with van der Waals surface area (Å²) in [6, 6.07) is 9.53. The number of hydrogen-bond donors (Lipinski definition) is 1. The van der Waals surface area contributed by atoms with Crippen LogP contribution in [0.4, 0.5) is 0 Å². The Kier molecular flexibility index (Phi) is 2.40. The van der Waals surface area contributed by atoms with Crippen molar-refractivity contribution in [3.63, 3.8) is 0 Å². The van der Waals surface area contributed by atoms with Crippen LogP contribution < -0.4 is 5.32 Å². The van der Waals surface area contributed by atoms with E-state index in [2.05, 4.69) is 10.3 Å². The highest BCUT2D eigenvalue weighted by Gasteiger charge is 2.33. The SMILES string of the molecule is c1ccc2oc(CC3CC4CCC(C3)N4)nc2c1. The van der Waals surface area contributed by atoms with Gasteiger partial charge in [-0.25, -0.2) is 4.98 Å². The molecule has 2 atom stereocenters. The minimum Gasteiger partial charge on any atom is -0.441 e. The molecule has 0 radical (unpaired) electrons. The fraction of sp³-hybridized carbons (Fsp3) is 0.533. The molecule has 94 valence electrons. The van der Waals surface area contributed by atoms with Crippen LogP contribution in [0.2, 0.25) is 0 Å². The molecule has 1 N–H and O–H groups in total. The van der Waals surface area contributed by atoms with Crippen LogP contribution in [0, 0.1) is 5.92 Å². The average Bonchev–Trinajstić information content (AvgIpc) is 2.92. The fourth-order valence-electron chi connectivity index (χ4n) is 3.60. The Morgan fingerprint density at radius 2 is 1.94 bits per heavy atom. The van der Waals surface area contributed by atoms with Gasteiger partial charge in [0.15, 0.2) is 11.5 Å². The second-order valence-corrected chi connectivity index (χ2v) is 5.75. The smallest absolute Gasteiger partial charge is 0.195 e. The minimum atomic E-state index is 0.747. The molecule has 0 spiro atoms. The normalized spacial score (nSPS) is 31.0. The number of rotatable bonds is 2. The quantitative estimate of drug-likeness (QED) is 0.880. The predicted octanol–water partition coefficient (Wildman–Crippen LogP) is 2.90. The van der Waals surface area contributed by atoms with Crippen LogP contribution in [0.15, 0.2) is 28.7 Å². The summed E-state index contributed by atoms with van der Waals surface area (Å²) in [5.74, 6) is 1.67. The van der Waals surface area contributed by atoms with Crippen LogP contribution in [0.1, 0.15) is 31.6 Å². The van der Waals surface area contributed by atoms with Crippen molar-refractivity contribution in [3.8, 4) is 0 Å². The van der Waals surface area contributed by atoms with Gasteiger partial charge in [0, 0.05) is 18.5 Å². The van der Waals surface area contributed by atoms with Crippen molar-refractivity contribution < 1.29 is 4.42 Å². The van der Waals surface area contributed by atoms with Gasteiger partial charge in [-0.05, 0) is 43.7 Å². The molecule has 2 aromatic rings. The number of hydrogen-bond acceptors (Lipinski definition) is 3. The van der Waals surface area contributed by atoms with Gasteiger partial charge in [-0.1, -0.05) is 12.1 Å². The highest BCUT2D eigenvalue weighted by atomic mass is 16.3. The molecular weight excluding hydrogens is 224 g/mol. The van der Waals surface area contributed by atoms with Gasteiger partial charge in [0.25, 0.3) is 0 Å². The molecule has 2 saturated heterocycles. The van der Waals surface area contributed by atoms with Crippen molar-refractivity contribution >= 4 is 11.1 Å². The van der Waals surface area contributed by atoms with E-state index in [1.54, 1.807) is 0 Å². The Hall–Kier alpha value is -1.35. The van der Waals surface area contributed by atoms with Gasteiger partial charge in [-0.2, -0.15) is 0 Å². The number of benzene rings is 1. The van der Waals surface area contributed by atoms with Gasteiger partial charge >= 0.3 is 0 Å². The number of aromatic nitrogens is 1. The molecule has 4 rings (SSSR count). The topological polar surface area (TPSA) is 38.1 Å². The maximum atomic E-state index is 5.83. The molecule has 2 bridgehead atoms.